The third-order valence-corrected chi connectivity index (χ3v) is 5.31. The Balaban J connectivity index is 1.41. The van der Waals surface area contributed by atoms with E-state index in [2.05, 4.69) is 15.5 Å². The van der Waals surface area contributed by atoms with Crippen molar-refractivity contribution in [2.75, 3.05) is 18.4 Å². The monoisotopic (exact) mass is 404 g/mol. The number of nitrogens with zero attached hydrogens (tertiary/aromatic N) is 3. The number of rotatable bonds is 4. The Morgan fingerprint density at radius 1 is 1.10 bits per heavy atom. The van der Waals surface area contributed by atoms with Gasteiger partial charge in [-0.15, -0.1) is 0 Å². The molecule has 1 aliphatic rings. The number of carbonyl (C=O) groups excluding carboxylic acids is 2. The van der Waals surface area contributed by atoms with Crippen molar-refractivity contribution in [2.24, 2.45) is 5.92 Å². The Bertz CT molecular complexity index is 1040. The number of aromatic nitrogens is 2. The smallest absolute Gasteiger partial charge is 0.292 e. The van der Waals surface area contributed by atoms with E-state index in [9.17, 15) is 9.59 Å². The van der Waals surface area contributed by atoms with Gasteiger partial charge >= 0.3 is 0 Å². The fourth-order valence-electron chi connectivity index (χ4n) is 3.54. The van der Waals surface area contributed by atoms with Crippen molar-refractivity contribution in [3.63, 3.8) is 0 Å². The summed E-state index contributed by atoms with van der Waals surface area (Å²) < 4.78 is 5.32. The van der Waals surface area contributed by atoms with E-state index in [4.69, 9.17) is 4.52 Å². The highest BCUT2D eigenvalue weighted by Crippen LogP contribution is 2.23. The molecule has 30 heavy (non-hydrogen) atoms. The van der Waals surface area contributed by atoms with Crippen LogP contribution in [0.3, 0.4) is 0 Å². The quantitative estimate of drug-likeness (QED) is 0.714. The van der Waals surface area contributed by atoms with Gasteiger partial charge in [-0.25, -0.2) is 4.98 Å². The lowest BCUT2D eigenvalue weighted by Gasteiger charge is -2.31. The van der Waals surface area contributed by atoms with Crippen molar-refractivity contribution >= 4 is 17.6 Å². The Morgan fingerprint density at radius 3 is 2.60 bits per heavy atom. The van der Waals surface area contributed by atoms with Crippen LogP contribution in [0.1, 0.15) is 34.5 Å². The number of likely N-dealkylation sites (tertiary alicyclic amines) is 1. The highest BCUT2D eigenvalue weighted by Gasteiger charge is 2.30. The van der Waals surface area contributed by atoms with Crippen LogP contribution in [0.25, 0.3) is 11.3 Å². The predicted molar refractivity (Wildman–Crippen MR) is 113 cm³/mol. The van der Waals surface area contributed by atoms with Crippen LogP contribution in [0, 0.1) is 19.8 Å². The van der Waals surface area contributed by atoms with Gasteiger partial charge in [0.2, 0.25) is 11.7 Å². The minimum atomic E-state index is -0.287. The minimum Gasteiger partial charge on any atom is -0.350 e. The van der Waals surface area contributed by atoms with Gasteiger partial charge in [-0.3, -0.25) is 9.59 Å². The average molecular weight is 404 g/mol. The molecule has 7 nitrogen and oxygen atoms in total. The van der Waals surface area contributed by atoms with Crippen LogP contribution in [0.2, 0.25) is 0 Å². The summed E-state index contributed by atoms with van der Waals surface area (Å²) in [6.45, 7) is 4.89. The number of nitrogens with one attached hydrogen (secondary N) is 1. The molecule has 3 aromatic rings. The molecule has 1 aliphatic heterocycles. The van der Waals surface area contributed by atoms with Gasteiger partial charge in [-0.05, 0) is 38.3 Å². The molecule has 0 radical (unpaired) electrons. The number of hydrogen-bond donors (Lipinski definition) is 1. The number of benzene rings is 1. The fourth-order valence-corrected chi connectivity index (χ4v) is 3.54. The van der Waals surface area contributed by atoms with Crippen LogP contribution >= 0.6 is 0 Å². The van der Waals surface area contributed by atoms with Gasteiger partial charge in [0, 0.05) is 30.9 Å². The van der Waals surface area contributed by atoms with Crippen LogP contribution in [0.15, 0.2) is 53.2 Å². The third kappa shape index (κ3) is 4.40. The molecule has 0 saturated carbocycles. The summed E-state index contributed by atoms with van der Waals surface area (Å²) in [6.07, 6.45) is 3.19. The molecule has 3 heterocycles. The van der Waals surface area contributed by atoms with Crippen LogP contribution in [0.4, 0.5) is 5.82 Å². The average Bonchev–Trinajstić information content (AvgIpc) is 3.25. The van der Waals surface area contributed by atoms with Crippen molar-refractivity contribution in [3.05, 3.63) is 65.5 Å². The third-order valence-electron chi connectivity index (χ3n) is 5.31. The van der Waals surface area contributed by atoms with Crippen molar-refractivity contribution < 1.29 is 14.1 Å². The number of pyridine rings is 1. The zero-order valence-corrected chi connectivity index (χ0v) is 17.1. The first-order valence-corrected chi connectivity index (χ1v) is 10.1. The second kappa shape index (κ2) is 8.49. The highest BCUT2D eigenvalue weighted by atomic mass is 16.5. The molecular formula is C23H24N4O3. The van der Waals surface area contributed by atoms with E-state index in [1.807, 2.05) is 44.2 Å². The molecule has 0 spiro atoms. The number of anilines is 1. The molecule has 2 amide bonds. The van der Waals surface area contributed by atoms with Crippen molar-refractivity contribution in [2.45, 2.75) is 26.7 Å². The predicted octanol–water partition coefficient (Wildman–Crippen LogP) is 3.84. The van der Waals surface area contributed by atoms with E-state index in [1.54, 1.807) is 23.2 Å². The van der Waals surface area contributed by atoms with Crippen molar-refractivity contribution in [1.82, 2.24) is 15.0 Å². The van der Waals surface area contributed by atoms with E-state index in [-0.39, 0.29) is 23.5 Å². The van der Waals surface area contributed by atoms with Gasteiger partial charge in [0.15, 0.2) is 0 Å². The molecule has 1 fully saturated rings. The summed E-state index contributed by atoms with van der Waals surface area (Å²) >= 11 is 0. The largest absolute Gasteiger partial charge is 0.350 e. The SMILES string of the molecule is Cc1ccc(-c2cc(C(=O)N3CCCC(C(=O)Nc4ccc(C)cn4)C3)on2)cc1. The van der Waals surface area contributed by atoms with Crippen LogP contribution in [0.5, 0.6) is 0 Å². The van der Waals surface area contributed by atoms with Gasteiger partial charge in [0.1, 0.15) is 11.5 Å². The van der Waals surface area contributed by atoms with Gasteiger partial charge in [0.05, 0.1) is 5.92 Å². The number of aryl methyl sites for hydroxylation is 2. The molecule has 1 aromatic carbocycles. The topological polar surface area (TPSA) is 88.3 Å². The lowest BCUT2D eigenvalue weighted by atomic mass is 9.97. The van der Waals surface area contributed by atoms with Gasteiger partial charge in [0.25, 0.3) is 5.91 Å². The van der Waals surface area contributed by atoms with E-state index in [0.717, 1.165) is 29.5 Å². The zero-order valence-electron chi connectivity index (χ0n) is 17.1. The number of carbonyl (C=O) groups is 2. The molecule has 0 bridgehead atoms. The highest BCUT2D eigenvalue weighted by molar-refractivity contribution is 5.95. The molecular weight excluding hydrogens is 380 g/mol. The first-order chi connectivity index (χ1) is 14.5. The fraction of sp³-hybridized carbons (Fsp3) is 0.304. The number of piperidine rings is 1. The Hall–Kier alpha value is -3.48. The lowest BCUT2D eigenvalue weighted by Crippen LogP contribution is -2.43. The number of amides is 2. The molecule has 4 rings (SSSR count). The summed E-state index contributed by atoms with van der Waals surface area (Å²) in [4.78, 5) is 31.4. The van der Waals surface area contributed by atoms with Crippen LogP contribution in [-0.2, 0) is 4.79 Å². The summed E-state index contributed by atoms with van der Waals surface area (Å²) in [6, 6.07) is 13.2. The maximum atomic E-state index is 12.9. The Kier molecular flexibility index (Phi) is 5.61. The standard InChI is InChI=1S/C23H24N4O3/c1-15-5-8-17(9-6-15)19-12-20(30-26-19)23(29)27-11-3-4-18(14-27)22(28)25-21-10-7-16(2)13-24-21/h5-10,12-13,18H,3-4,11,14H2,1-2H3,(H,24,25,28). The van der Waals surface area contributed by atoms with Crippen LogP contribution in [-0.4, -0.2) is 39.9 Å². The molecule has 1 atom stereocenters. The molecule has 1 saturated heterocycles. The molecule has 7 heteroatoms. The molecule has 154 valence electrons. The summed E-state index contributed by atoms with van der Waals surface area (Å²) in [5, 5.41) is 6.88. The zero-order chi connectivity index (χ0) is 21.1. The maximum Gasteiger partial charge on any atom is 0.292 e. The summed E-state index contributed by atoms with van der Waals surface area (Å²) in [5.74, 6) is 0.0535. The molecule has 0 aliphatic carbocycles. The van der Waals surface area contributed by atoms with Crippen molar-refractivity contribution in [1.29, 1.82) is 0 Å². The minimum absolute atomic E-state index is 0.123. The van der Waals surface area contributed by atoms with E-state index in [1.165, 1.54) is 0 Å². The molecule has 1 N–H and O–H groups in total. The second-order valence-electron chi connectivity index (χ2n) is 7.74. The second-order valence-corrected chi connectivity index (χ2v) is 7.74. The Labute approximate surface area is 175 Å². The summed E-state index contributed by atoms with van der Waals surface area (Å²) in [5.41, 5.74) is 3.69. The van der Waals surface area contributed by atoms with E-state index >= 15 is 0 Å². The van der Waals surface area contributed by atoms with Crippen molar-refractivity contribution in [3.8, 4) is 11.3 Å². The lowest BCUT2D eigenvalue weighted by molar-refractivity contribution is -0.121. The molecule has 2 aromatic heterocycles. The first-order valence-electron chi connectivity index (χ1n) is 10.1. The summed E-state index contributed by atoms with van der Waals surface area (Å²) in [7, 11) is 0. The van der Waals surface area contributed by atoms with Crippen LogP contribution < -0.4 is 5.32 Å². The first kappa shape index (κ1) is 19.8. The van der Waals surface area contributed by atoms with Gasteiger partial charge in [-0.1, -0.05) is 41.1 Å². The van der Waals surface area contributed by atoms with E-state index in [0.29, 0.717) is 24.6 Å². The molecule has 1 unspecified atom stereocenters. The normalized spacial score (nSPS) is 16.3. The van der Waals surface area contributed by atoms with Gasteiger partial charge in [-0.2, -0.15) is 0 Å². The number of hydrogen-bond acceptors (Lipinski definition) is 5. The van der Waals surface area contributed by atoms with Gasteiger partial charge < -0.3 is 14.7 Å². The van der Waals surface area contributed by atoms with E-state index < -0.39 is 0 Å². The Morgan fingerprint density at radius 2 is 1.87 bits per heavy atom. The maximum absolute atomic E-state index is 12.9.